The zero-order valence-electron chi connectivity index (χ0n) is 11.1. The summed E-state index contributed by atoms with van der Waals surface area (Å²) in [5, 5.41) is 8.98. The molecule has 0 fully saturated rings. The van der Waals surface area contributed by atoms with E-state index in [2.05, 4.69) is 15.3 Å². The van der Waals surface area contributed by atoms with E-state index in [9.17, 15) is 0 Å². The van der Waals surface area contributed by atoms with E-state index in [1.54, 1.807) is 16.0 Å². The second-order valence-electron chi connectivity index (χ2n) is 4.28. The lowest BCUT2D eigenvalue weighted by Gasteiger charge is -2.00. The molecule has 0 aliphatic carbocycles. The lowest BCUT2D eigenvalue weighted by Crippen LogP contribution is -1.99. The van der Waals surface area contributed by atoms with Gasteiger partial charge in [0.05, 0.1) is 35.3 Å². The first kappa shape index (κ1) is 13.0. The van der Waals surface area contributed by atoms with Crippen molar-refractivity contribution in [1.29, 1.82) is 0 Å². The van der Waals surface area contributed by atoms with Crippen LogP contribution in [0.5, 0.6) is 5.75 Å². The van der Waals surface area contributed by atoms with Crippen molar-refractivity contribution in [2.24, 2.45) is 5.73 Å². The third-order valence-corrected chi connectivity index (χ3v) is 3.81. The third-order valence-electron chi connectivity index (χ3n) is 2.81. The van der Waals surface area contributed by atoms with Gasteiger partial charge in [-0.05, 0) is 25.1 Å². The number of thiazole rings is 1. The second-order valence-corrected chi connectivity index (χ2v) is 5.40. The number of nitrogens with zero attached hydrogens (tertiary/aromatic N) is 4. The van der Waals surface area contributed by atoms with Gasteiger partial charge in [-0.3, -0.25) is 0 Å². The highest BCUT2D eigenvalue weighted by Gasteiger charge is 2.07. The predicted molar refractivity (Wildman–Crippen MR) is 77.8 cm³/mol. The van der Waals surface area contributed by atoms with E-state index in [-0.39, 0.29) is 0 Å². The molecular weight excluding hydrogens is 274 g/mol. The largest absolute Gasteiger partial charge is 0.494 e. The fourth-order valence-corrected chi connectivity index (χ4v) is 2.91. The van der Waals surface area contributed by atoms with Crippen LogP contribution in [0.25, 0.3) is 10.2 Å². The molecule has 7 heteroatoms. The lowest BCUT2D eigenvalue weighted by atomic mass is 10.3. The van der Waals surface area contributed by atoms with Crippen molar-refractivity contribution in [3.8, 4) is 5.75 Å². The fraction of sp³-hybridized carbons (Fsp3) is 0.308. The summed E-state index contributed by atoms with van der Waals surface area (Å²) in [5.74, 6) is 0.876. The standard InChI is InChI=1S/C13H15N5OS/c1-2-19-10-3-4-11-12(5-10)20-13(15-11)8-18-7-9(6-14)16-17-18/h3-5,7H,2,6,8,14H2,1H3. The van der Waals surface area contributed by atoms with Gasteiger partial charge in [0.15, 0.2) is 0 Å². The Morgan fingerprint density at radius 2 is 2.30 bits per heavy atom. The van der Waals surface area contributed by atoms with Gasteiger partial charge >= 0.3 is 0 Å². The molecule has 2 aromatic heterocycles. The summed E-state index contributed by atoms with van der Waals surface area (Å²) >= 11 is 1.64. The molecule has 2 N–H and O–H groups in total. The van der Waals surface area contributed by atoms with Crippen LogP contribution in [0.1, 0.15) is 17.6 Å². The summed E-state index contributed by atoms with van der Waals surface area (Å²) in [6, 6.07) is 5.94. The molecule has 2 heterocycles. The number of aromatic nitrogens is 4. The maximum Gasteiger partial charge on any atom is 0.120 e. The monoisotopic (exact) mass is 289 g/mol. The van der Waals surface area contributed by atoms with Crippen molar-refractivity contribution in [3.63, 3.8) is 0 Å². The Kier molecular flexibility index (Phi) is 3.62. The number of hydrogen-bond acceptors (Lipinski definition) is 6. The minimum Gasteiger partial charge on any atom is -0.494 e. The molecule has 0 saturated heterocycles. The van der Waals surface area contributed by atoms with E-state index >= 15 is 0 Å². The van der Waals surface area contributed by atoms with Crippen LogP contribution in [0.3, 0.4) is 0 Å². The average Bonchev–Trinajstić information content (AvgIpc) is 3.05. The number of fused-ring (bicyclic) bond motifs is 1. The van der Waals surface area contributed by atoms with Gasteiger partial charge in [0, 0.05) is 6.54 Å². The zero-order chi connectivity index (χ0) is 13.9. The Balaban J connectivity index is 1.84. The average molecular weight is 289 g/mol. The molecule has 3 rings (SSSR count). The maximum atomic E-state index is 5.52. The summed E-state index contributed by atoms with van der Waals surface area (Å²) in [6.45, 7) is 3.65. The van der Waals surface area contributed by atoms with Crippen LogP contribution in [0.4, 0.5) is 0 Å². The van der Waals surface area contributed by atoms with E-state index in [1.165, 1.54) is 0 Å². The minimum atomic E-state index is 0.400. The molecule has 0 bridgehead atoms. The smallest absolute Gasteiger partial charge is 0.120 e. The Bertz CT molecular complexity index is 720. The first-order valence-corrected chi connectivity index (χ1v) is 7.21. The van der Waals surface area contributed by atoms with Gasteiger partial charge in [0.25, 0.3) is 0 Å². The van der Waals surface area contributed by atoms with Crippen LogP contribution in [-0.2, 0) is 13.1 Å². The topological polar surface area (TPSA) is 78.9 Å². The maximum absolute atomic E-state index is 5.52. The van der Waals surface area contributed by atoms with Crippen molar-refractivity contribution < 1.29 is 4.74 Å². The van der Waals surface area contributed by atoms with Gasteiger partial charge in [-0.1, -0.05) is 5.21 Å². The van der Waals surface area contributed by atoms with Crippen LogP contribution >= 0.6 is 11.3 Å². The number of ether oxygens (including phenoxy) is 1. The van der Waals surface area contributed by atoms with Crippen LogP contribution in [0.2, 0.25) is 0 Å². The summed E-state index contributed by atoms with van der Waals surface area (Å²) < 4.78 is 8.37. The van der Waals surface area contributed by atoms with E-state index < -0.39 is 0 Å². The lowest BCUT2D eigenvalue weighted by molar-refractivity contribution is 0.341. The molecule has 0 spiro atoms. The molecule has 0 saturated carbocycles. The fourth-order valence-electron chi connectivity index (χ4n) is 1.92. The van der Waals surface area contributed by atoms with Crippen molar-refractivity contribution in [3.05, 3.63) is 35.1 Å². The summed E-state index contributed by atoms with van der Waals surface area (Å²) in [5.41, 5.74) is 7.28. The van der Waals surface area contributed by atoms with Gasteiger partial charge in [0.2, 0.25) is 0 Å². The molecule has 1 aromatic carbocycles. The van der Waals surface area contributed by atoms with E-state index in [4.69, 9.17) is 10.5 Å². The Labute approximate surface area is 120 Å². The number of nitrogens with two attached hydrogens (primary N) is 1. The SMILES string of the molecule is CCOc1ccc2nc(Cn3cc(CN)nn3)sc2c1. The van der Waals surface area contributed by atoms with E-state index in [0.717, 1.165) is 26.7 Å². The molecule has 3 aromatic rings. The predicted octanol–water partition coefficient (Wildman–Crippen LogP) is 1.79. The Morgan fingerprint density at radius 1 is 1.40 bits per heavy atom. The molecule has 0 radical (unpaired) electrons. The highest BCUT2D eigenvalue weighted by atomic mass is 32.1. The highest BCUT2D eigenvalue weighted by Crippen LogP contribution is 2.26. The van der Waals surface area contributed by atoms with E-state index in [1.807, 2.05) is 31.3 Å². The van der Waals surface area contributed by atoms with Gasteiger partial charge in [-0.25, -0.2) is 9.67 Å². The van der Waals surface area contributed by atoms with Crippen molar-refractivity contribution in [1.82, 2.24) is 20.0 Å². The van der Waals surface area contributed by atoms with Crippen LogP contribution < -0.4 is 10.5 Å². The van der Waals surface area contributed by atoms with Gasteiger partial charge < -0.3 is 10.5 Å². The van der Waals surface area contributed by atoms with Gasteiger partial charge in [-0.2, -0.15) is 0 Å². The molecule has 0 atom stereocenters. The molecule has 6 nitrogen and oxygen atoms in total. The zero-order valence-corrected chi connectivity index (χ0v) is 11.9. The highest BCUT2D eigenvalue weighted by molar-refractivity contribution is 7.18. The molecule has 0 aliphatic rings. The summed E-state index contributed by atoms with van der Waals surface area (Å²) in [4.78, 5) is 4.59. The van der Waals surface area contributed by atoms with Gasteiger partial charge in [0.1, 0.15) is 10.8 Å². The van der Waals surface area contributed by atoms with Gasteiger partial charge in [-0.15, -0.1) is 16.4 Å². The third kappa shape index (κ3) is 2.63. The second kappa shape index (κ2) is 5.56. The van der Waals surface area contributed by atoms with E-state index in [0.29, 0.717) is 19.7 Å². The summed E-state index contributed by atoms with van der Waals surface area (Å²) in [7, 11) is 0. The first-order valence-electron chi connectivity index (χ1n) is 6.40. The first-order chi connectivity index (χ1) is 9.78. The van der Waals surface area contributed by atoms with Crippen molar-refractivity contribution in [2.75, 3.05) is 6.61 Å². The number of benzene rings is 1. The minimum absolute atomic E-state index is 0.400. The van der Waals surface area contributed by atoms with Crippen molar-refractivity contribution >= 4 is 21.6 Å². The molecule has 20 heavy (non-hydrogen) atoms. The van der Waals surface area contributed by atoms with Crippen molar-refractivity contribution in [2.45, 2.75) is 20.0 Å². The van der Waals surface area contributed by atoms with Crippen LogP contribution in [0.15, 0.2) is 24.4 Å². The molecular formula is C13H15N5OS. The Morgan fingerprint density at radius 3 is 3.05 bits per heavy atom. The normalized spacial score (nSPS) is 11.1. The van der Waals surface area contributed by atoms with Crippen LogP contribution in [-0.4, -0.2) is 26.6 Å². The molecule has 0 unspecified atom stereocenters. The number of rotatable bonds is 5. The Hall–Kier alpha value is -1.99. The number of hydrogen-bond donors (Lipinski definition) is 1. The van der Waals surface area contributed by atoms with Crippen LogP contribution in [0, 0.1) is 0 Å². The molecule has 104 valence electrons. The quantitative estimate of drug-likeness (QED) is 0.774. The summed E-state index contributed by atoms with van der Waals surface area (Å²) in [6.07, 6.45) is 1.84. The molecule has 0 amide bonds. The molecule has 0 aliphatic heterocycles.